The van der Waals surface area contributed by atoms with Crippen molar-refractivity contribution < 1.29 is 28.0 Å². The van der Waals surface area contributed by atoms with Gasteiger partial charge in [0.15, 0.2) is 0 Å². The molecule has 1 heterocycles. The first kappa shape index (κ1) is 12.2. The highest BCUT2D eigenvalue weighted by molar-refractivity contribution is 6.02. The highest BCUT2D eigenvalue weighted by Gasteiger charge is 2.33. The zero-order chi connectivity index (χ0) is 13.3. The first-order valence-electron chi connectivity index (χ1n) is 5.01. The molecular weight excluding hydrogens is 248 g/mol. The fraction of sp³-hybridized carbons (Fsp3) is 0.182. The fourth-order valence-corrected chi connectivity index (χ4v) is 1.47. The van der Waals surface area contributed by atoms with Crippen LogP contribution in [0.15, 0.2) is 18.2 Å². The number of hydrogen-bond donors (Lipinski definition) is 0. The van der Waals surface area contributed by atoms with Gasteiger partial charge in [-0.3, -0.25) is 9.59 Å². The fourth-order valence-electron chi connectivity index (χ4n) is 1.47. The molecule has 0 aliphatic carbocycles. The van der Waals surface area contributed by atoms with Crippen molar-refractivity contribution in [1.82, 2.24) is 5.06 Å². The molecule has 0 unspecified atom stereocenters. The normalized spacial score (nSPS) is 15.1. The predicted molar refractivity (Wildman–Crippen MR) is 52.9 cm³/mol. The highest BCUT2D eigenvalue weighted by atomic mass is 19.1. The Morgan fingerprint density at radius 1 is 1.06 bits per heavy atom. The monoisotopic (exact) mass is 255 g/mol. The summed E-state index contributed by atoms with van der Waals surface area (Å²) < 4.78 is 25.7. The van der Waals surface area contributed by atoms with Gasteiger partial charge in [-0.25, -0.2) is 13.6 Å². The van der Waals surface area contributed by atoms with Crippen LogP contribution in [0.3, 0.4) is 0 Å². The number of nitrogens with zero attached hydrogens (tertiary/aromatic N) is 1. The Morgan fingerprint density at radius 3 is 2.06 bits per heavy atom. The van der Waals surface area contributed by atoms with E-state index in [1.807, 2.05) is 0 Å². The number of hydroxylamine groups is 2. The molecule has 0 radical (unpaired) electrons. The Hall–Kier alpha value is -2.31. The summed E-state index contributed by atoms with van der Waals surface area (Å²) in [5, 5.41) is 0.311. The second kappa shape index (κ2) is 4.52. The van der Waals surface area contributed by atoms with Crippen LogP contribution in [0.2, 0.25) is 0 Å². The zero-order valence-corrected chi connectivity index (χ0v) is 8.98. The molecule has 0 saturated carbocycles. The molecule has 7 heteroatoms. The van der Waals surface area contributed by atoms with Crippen LogP contribution < -0.4 is 0 Å². The molecule has 1 aromatic carbocycles. The van der Waals surface area contributed by atoms with Crippen molar-refractivity contribution in [2.75, 3.05) is 0 Å². The lowest BCUT2D eigenvalue weighted by molar-refractivity contribution is -0.172. The van der Waals surface area contributed by atoms with E-state index < -0.39 is 35.0 Å². The van der Waals surface area contributed by atoms with Crippen LogP contribution in [0.5, 0.6) is 0 Å². The van der Waals surface area contributed by atoms with E-state index in [0.717, 1.165) is 12.1 Å². The molecule has 1 aliphatic rings. The third-order valence-corrected chi connectivity index (χ3v) is 2.28. The lowest BCUT2D eigenvalue weighted by atomic mass is 10.2. The molecule has 2 amide bonds. The number of halogens is 2. The van der Waals surface area contributed by atoms with E-state index in [4.69, 9.17) is 0 Å². The van der Waals surface area contributed by atoms with Gasteiger partial charge in [0.2, 0.25) is 0 Å². The molecule has 0 aromatic heterocycles. The van der Waals surface area contributed by atoms with Crippen molar-refractivity contribution in [1.29, 1.82) is 0 Å². The number of carbonyl (C=O) groups is 3. The van der Waals surface area contributed by atoms with E-state index in [9.17, 15) is 23.2 Å². The summed E-state index contributed by atoms with van der Waals surface area (Å²) in [7, 11) is 0. The smallest absolute Gasteiger partial charge is 0.325 e. The molecule has 94 valence electrons. The molecule has 1 saturated heterocycles. The number of hydrogen-bond acceptors (Lipinski definition) is 4. The first-order chi connectivity index (χ1) is 8.47. The average molecular weight is 255 g/mol. The van der Waals surface area contributed by atoms with Gasteiger partial charge >= 0.3 is 5.97 Å². The van der Waals surface area contributed by atoms with Crippen LogP contribution in [0.1, 0.15) is 23.2 Å². The lowest BCUT2D eigenvalue weighted by Crippen LogP contribution is -2.32. The SMILES string of the molecule is O=C(ON1C(=O)CCC1=O)c1cc(F)cc(F)c1. The van der Waals surface area contributed by atoms with E-state index in [2.05, 4.69) is 4.84 Å². The van der Waals surface area contributed by atoms with Gasteiger partial charge in [0.05, 0.1) is 5.56 Å². The van der Waals surface area contributed by atoms with Gasteiger partial charge in [0, 0.05) is 18.9 Å². The molecular formula is C11H7F2NO4. The summed E-state index contributed by atoms with van der Waals surface area (Å²) in [5.74, 6) is -4.41. The van der Waals surface area contributed by atoms with Crippen LogP contribution in [0.25, 0.3) is 0 Å². The van der Waals surface area contributed by atoms with Gasteiger partial charge < -0.3 is 4.84 Å². The third-order valence-electron chi connectivity index (χ3n) is 2.28. The first-order valence-corrected chi connectivity index (χ1v) is 5.01. The maximum Gasteiger partial charge on any atom is 0.364 e. The molecule has 18 heavy (non-hydrogen) atoms. The number of benzene rings is 1. The van der Waals surface area contributed by atoms with Crippen molar-refractivity contribution in [2.24, 2.45) is 0 Å². The molecule has 1 aromatic rings. The van der Waals surface area contributed by atoms with Crippen molar-refractivity contribution >= 4 is 17.8 Å². The third kappa shape index (κ3) is 2.34. The Kier molecular flexibility index (Phi) is 3.05. The maximum atomic E-state index is 12.9. The van der Waals surface area contributed by atoms with E-state index in [-0.39, 0.29) is 12.8 Å². The standard InChI is InChI=1S/C11H7F2NO4/c12-7-3-6(4-8(13)5-7)11(17)18-14-9(15)1-2-10(14)16/h3-5H,1-2H2. The Bertz CT molecular complexity index is 508. The zero-order valence-electron chi connectivity index (χ0n) is 8.98. The van der Waals surface area contributed by atoms with Gasteiger partial charge in [-0.2, -0.15) is 0 Å². The number of carbonyl (C=O) groups excluding carboxylic acids is 3. The molecule has 1 fully saturated rings. The summed E-state index contributed by atoms with van der Waals surface area (Å²) in [6, 6.07) is 2.08. The minimum Gasteiger partial charge on any atom is -0.325 e. The topological polar surface area (TPSA) is 63.7 Å². The molecule has 0 bridgehead atoms. The second-order valence-corrected chi connectivity index (χ2v) is 3.62. The van der Waals surface area contributed by atoms with Crippen molar-refractivity contribution in [2.45, 2.75) is 12.8 Å². The minimum atomic E-state index is -1.17. The number of rotatable bonds is 2. The molecule has 0 spiro atoms. The minimum absolute atomic E-state index is 0.0520. The van der Waals surface area contributed by atoms with Crippen molar-refractivity contribution in [3.05, 3.63) is 35.4 Å². The Labute approximate surface area is 99.9 Å². The maximum absolute atomic E-state index is 12.9. The average Bonchev–Trinajstić information content (AvgIpc) is 2.59. The largest absolute Gasteiger partial charge is 0.364 e. The van der Waals surface area contributed by atoms with Gasteiger partial charge in [0.25, 0.3) is 11.8 Å². The van der Waals surface area contributed by atoms with E-state index in [1.54, 1.807) is 0 Å². The Morgan fingerprint density at radius 2 is 1.56 bits per heavy atom. The number of amides is 2. The molecule has 0 N–H and O–H groups in total. The van der Waals surface area contributed by atoms with Crippen molar-refractivity contribution in [3.63, 3.8) is 0 Å². The van der Waals surface area contributed by atoms with Gasteiger partial charge in [-0.05, 0) is 12.1 Å². The van der Waals surface area contributed by atoms with Crippen molar-refractivity contribution in [3.8, 4) is 0 Å². The van der Waals surface area contributed by atoms with Gasteiger partial charge in [-0.1, -0.05) is 0 Å². The van der Waals surface area contributed by atoms with Crippen LogP contribution in [0.4, 0.5) is 8.78 Å². The molecule has 2 rings (SSSR count). The molecule has 1 aliphatic heterocycles. The summed E-state index contributed by atoms with van der Waals surface area (Å²) in [6.45, 7) is 0. The van der Waals surface area contributed by atoms with Gasteiger partial charge in [0.1, 0.15) is 11.6 Å². The second-order valence-electron chi connectivity index (χ2n) is 3.62. The summed E-state index contributed by atoms with van der Waals surface area (Å²) in [6.07, 6.45) is -0.104. The highest BCUT2D eigenvalue weighted by Crippen LogP contribution is 2.15. The quantitative estimate of drug-likeness (QED) is 0.744. The van der Waals surface area contributed by atoms with E-state index >= 15 is 0 Å². The summed E-state index contributed by atoms with van der Waals surface area (Å²) in [4.78, 5) is 38.3. The van der Waals surface area contributed by atoms with Crippen LogP contribution in [0, 0.1) is 11.6 Å². The molecule has 0 atom stereocenters. The van der Waals surface area contributed by atoms with Crippen LogP contribution >= 0.6 is 0 Å². The number of imide groups is 1. The van der Waals surface area contributed by atoms with Gasteiger partial charge in [-0.15, -0.1) is 5.06 Å². The van der Waals surface area contributed by atoms with E-state index in [0.29, 0.717) is 11.1 Å². The lowest BCUT2D eigenvalue weighted by Gasteiger charge is -2.12. The molecule has 5 nitrogen and oxygen atoms in total. The predicted octanol–water partition coefficient (Wildman–Crippen LogP) is 1.19. The Balaban J connectivity index is 2.17. The summed E-state index contributed by atoms with van der Waals surface area (Å²) >= 11 is 0. The van der Waals surface area contributed by atoms with E-state index in [1.165, 1.54) is 0 Å². The van der Waals surface area contributed by atoms with Crippen LogP contribution in [-0.2, 0) is 14.4 Å². The summed E-state index contributed by atoms with van der Waals surface area (Å²) in [5.41, 5.74) is -0.417. The van der Waals surface area contributed by atoms with Crippen LogP contribution in [-0.4, -0.2) is 22.8 Å².